The van der Waals surface area contributed by atoms with E-state index < -0.39 is 5.82 Å². The molecule has 1 aromatic carbocycles. The molecule has 1 aliphatic rings. The first kappa shape index (κ1) is 15.4. The molecule has 18 heavy (non-hydrogen) atoms. The minimum Gasteiger partial charge on any atom is -0.337 e. The molecule has 1 aromatic rings. The van der Waals surface area contributed by atoms with Crippen LogP contribution in [0.3, 0.4) is 0 Å². The van der Waals surface area contributed by atoms with Gasteiger partial charge in [0.2, 0.25) is 0 Å². The molecule has 1 aliphatic heterocycles. The van der Waals surface area contributed by atoms with Crippen LogP contribution >= 0.6 is 28.3 Å². The van der Waals surface area contributed by atoms with Gasteiger partial charge >= 0.3 is 0 Å². The largest absolute Gasteiger partial charge is 0.337 e. The number of rotatable bonds is 1. The molecule has 1 amide bonds. The van der Waals surface area contributed by atoms with Gasteiger partial charge in [0.25, 0.3) is 5.91 Å². The topological polar surface area (TPSA) is 32.3 Å². The number of nitrogens with zero attached hydrogens (tertiary/aromatic N) is 1. The zero-order valence-corrected chi connectivity index (χ0v) is 12.2. The lowest BCUT2D eigenvalue weighted by Gasteiger charge is -2.20. The van der Waals surface area contributed by atoms with Gasteiger partial charge in [-0.1, -0.05) is 15.9 Å². The van der Waals surface area contributed by atoms with E-state index in [9.17, 15) is 9.18 Å². The summed E-state index contributed by atoms with van der Waals surface area (Å²) in [6.07, 6.45) is 0.904. The van der Waals surface area contributed by atoms with Gasteiger partial charge in [-0.3, -0.25) is 4.79 Å². The van der Waals surface area contributed by atoms with Crippen molar-refractivity contribution in [3.8, 4) is 0 Å². The van der Waals surface area contributed by atoms with Crippen LogP contribution in [0, 0.1) is 5.82 Å². The van der Waals surface area contributed by atoms with Crippen LogP contribution in [0.2, 0.25) is 0 Å². The van der Waals surface area contributed by atoms with Crippen molar-refractivity contribution in [1.29, 1.82) is 0 Å². The normalized spacial score (nSPS) is 15.8. The number of amides is 1. The summed E-state index contributed by atoms with van der Waals surface area (Å²) in [4.78, 5) is 13.9. The Morgan fingerprint density at radius 1 is 1.33 bits per heavy atom. The first-order valence-corrected chi connectivity index (χ1v) is 6.43. The fourth-order valence-corrected chi connectivity index (χ4v) is 2.24. The Balaban J connectivity index is 0.00000162. The third-order valence-corrected chi connectivity index (χ3v) is 3.28. The first-order chi connectivity index (χ1) is 8.18. The maximum Gasteiger partial charge on any atom is 0.256 e. The molecule has 1 fully saturated rings. The Labute approximate surface area is 120 Å². The average Bonchev–Trinajstić information content (AvgIpc) is 2.60. The summed E-state index contributed by atoms with van der Waals surface area (Å²) < 4.78 is 14.3. The lowest BCUT2D eigenvalue weighted by molar-refractivity contribution is 0.0761. The molecule has 0 saturated carbocycles. The standard InChI is InChI=1S/C12H14BrFN2O.ClH/c13-9-2-3-11(14)10(8-9)12(17)16-6-1-4-15-5-7-16;/h2-3,8,15H,1,4-7H2;1H. The molecule has 100 valence electrons. The zero-order valence-electron chi connectivity index (χ0n) is 9.79. The number of benzene rings is 1. The van der Waals surface area contributed by atoms with E-state index in [2.05, 4.69) is 21.2 Å². The Morgan fingerprint density at radius 3 is 2.89 bits per heavy atom. The predicted octanol–water partition coefficient (Wildman–Crippen LogP) is 2.45. The summed E-state index contributed by atoms with van der Waals surface area (Å²) in [6, 6.07) is 4.44. The molecule has 0 aromatic heterocycles. The molecule has 1 heterocycles. The van der Waals surface area contributed by atoms with Gasteiger partial charge in [0.15, 0.2) is 0 Å². The minimum absolute atomic E-state index is 0. The van der Waals surface area contributed by atoms with Crippen molar-refractivity contribution in [2.24, 2.45) is 0 Å². The Morgan fingerprint density at radius 2 is 2.11 bits per heavy atom. The molecule has 0 unspecified atom stereocenters. The van der Waals surface area contributed by atoms with E-state index in [1.807, 2.05) is 0 Å². The highest BCUT2D eigenvalue weighted by molar-refractivity contribution is 9.10. The maximum absolute atomic E-state index is 13.6. The highest BCUT2D eigenvalue weighted by Gasteiger charge is 2.20. The third kappa shape index (κ3) is 3.67. The summed E-state index contributed by atoms with van der Waals surface area (Å²) in [5, 5.41) is 3.21. The molecule has 0 atom stereocenters. The third-order valence-electron chi connectivity index (χ3n) is 2.79. The van der Waals surface area contributed by atoms with Gasteiger partial charge in [-0.25, -0.2) is 4.39 Å². The highest BCUT2D eigenvalue weighted by atomic mass is 79.9. The number of halogens is 3. The fraction of sp³-hybridized carbons (Fsp3) is 0.417. The van der Waals surface area contributed by atoms with Gasteiger partial charge in [0, 0.05) is 24.1 Å². The maximum atomic E-state index is 13.6. The smallest absolute Gasteiger partial charge is 0.256 e. The van der Waals surface area contributed by atoms with Crippen LogP contribution in [0.4, 0.5) is 4.39 Å². The average molecular weight is 338 g/mol. The molecule has 0 radical (unpaired) electrons. The van der Waals surface area contributed by atoms with Crippen molar-refractivity contribution in [2.75, 3.05) is 26.2 Å². The Kier molecular flexibility index (Phi) is 6.05. The lowest BCUT2D eigenvalue weighted by atomic mass is 10.2. The summed E-state index contributed by atoms with van der Waals surface area (Å²) in [5.41, 5.74) is 0.140. The molecule has 1 N–H and O–H groups in total. The quantitative estimate of drug-likeness (QED) is 0.854. The fourth-order valence-electron chi connectivity index (χ4n) is 1.88. The number of hydrogen-bond acceptors (Lipinski definition) is 2. The van der Waals surface area contributed by atoms with Gasteiger partial charge in [-0.2, -0.15) is 0 Å². The minimum atomic E-state index is -0.463. The van der Waals surface area contributed by atoms with Crippen molar-refractivity contribution < 1.29 is 9.18 Å². The number of hydrogen-bond donors (Lipinski definition) is 1. The number of carbonyl (C=O) groups excluding carboxylic acids is 1. The summed E-state index contributed by atoms with van der Waals surface area (Å²) in [7, 11) is 0. The molecule has 6 heteroatoms. The van der Waals surface area contributed by atoms with Crippen molar-refractivity contribution in [3.05, 3.63) is 34.1 Å². The predicted molar refractivity (Wildman–Crippen MR) is 74.7 cm³/mol. The second kappa shape index (κ2) is 7.07. The van der Waals surface area contributed by atoms with E-state index >= 15 is 0 Å². The van der Waals surface area contributed by atoms with E-state index in [0.29, 0.717) is 13.1 Å². The lowest BCUT2D eigenvalue weighted by Crippen LogP contribution is -2.34. The zero-order chi connectivity index (χ0) is 12.3. The van der Waals surface area contributed by atoms with Crippen LogP contribution in [0.15, 0.2) is 22.7 Å². The second-order valence-electron chi connectivity index (χ2n) is 4.02. The van der Waals surface area contributed by atoms with E-state index in [4.69, 9.17) is 0 Å². The summed E-state index contributed by atoms with van der Waals surface area (Å²) >= 11 is 3.25. The second-order valence-corrected chi connectivity index (χ2v) is 4.94. The Bertz CT molecular complexity index is 423. The molecule has 2 rings (SSSR count). The number of carbonyl (C=O) groups is 1. The summed E-state index contributed by atoms with van der Waals surface area (Å²) in [6.45, 7) is 2.98. The van der Waals surface area contributed by atoms with Gasteiger partial charge in [0.05, 0.1) is 5.56 Å². The van der Waals surface area contributed by atoms with Crippen molar-refractivity contribution >= 4 is 34.2 Å². The summed E-state index contributed by atoms with van der Waals surface area (Å²) in [5.74, 6) is -0.692. The van der Waals surface area contributed by atoms with Crippen molar-refractivity contribution in [3.63, 3.8) is 0 Å². The van der Waals surface area contributed by atoms with Crippen LogP contribution < -0.4 is 5.32 Å². The van der Waals surface area contributed by atoms with E-state index in [1.54, 1.807) is 11.0 Å². The molecule has 3 nitrogen and oxygen atoms in total. The molecule has 0 bridgehead atoms. The van der Waals surface area contributed by atoms with Gasteiger partial charge in [-0.05, 0) is 31.2 Å². The monoisotopic (exact) mass is 336 g/mol. The van der Waals surface area contributed by atoms with Crippen molar-refractivity contribution in [2.45, 2.75) is 6.42 Å². The van der Waals surface area contributed by atoms with Crippen LogP contribution in [0.5, 0.6) is 0 Å². The van der Waals surface area contributed by atoms with Crippen LogP contribution in [0.1, 0.15) is 16.8 Å². The van der Waals surface area contributed by atoms with Gasteiger partial charge in [0.1, 0.15) is 5.82 Å². The first-order valence-electron chi connectivity index (χ1n) is 5.63. The molecular weight excluding hydrogens is 323 g/mol. The van der Waals surface area contributed by atoms with E-state index in [-0.39, 0.29) is 23.9 Å². The van der Waals surface area contributed by atoms with E-state index in [0.717, 1.165) is 24.0 Å². The van der Waals surface area contributed by atoms with Crippen LogP contribution in [-0.4, -0.2) is 37.0 Å². The van der Waals surface area contributed by atoms with Gasteiger partial charge in [-0.15, -0.1) is 12.4 Å². The molecule has 0 spiro atoms. The van der Waals surface area contributed by atoms with E-state index in [1.165, 1.54) is 12.1 Å². The number of nitrogens with one attached hydrogen (secondary N) is 1. The Hall–Kier alpha value is -0.650. The van der Waals surface area contributed by atoms with Gasteiger partial charge < -0.3 is 10.2 Å². The molecule has 1 saturated heterocycles. The molecular formula is C12H15BrClFN2O. The molecule has 0 aliphatic carbocycles. The highest BCUT2D eigenvalue weighted by Crippen LogP contribution is 2.17. The SMILES string of the molecule is Cl.O=C(c1cc(Br)ccc1F)N1CCCNCC1. The van der Waals surface area contributed by atoms with Crippen LogP contribution in [0.25, 0.3) is 0 Å². The van der Waals surface area contributed by atoms with Crippen LogP contribution in [-0.2, 0) is 0 Å². The van der Waals surface area contributed by atoms with Crippen molar-refractivity contribution in [1.82, 2.24) is 10.2 Å².